The minimum Gasteiger partial charge on any atom is -0.481 e. The zero-order valence-corrected chi connectivity index (χ0v) is 9.19. The van der Waals surface area contributed by atoms with Gasteiger partial charge in [0.15, 0.2) is 0 Å². The van der Waals surface area contributed by atoms with Crippen molar-refractivity contribution in [3.63, 3.8) is 0 Å². The number of nitrogens with two attached hydrogens (primary N) is 1. The van der Waals surface area contributed by atoms with E-state index in [2.05, 4.69) is 5.32 Å². The third kappa shape index (κ3) is 4.26. The number of hydrogen-bond donors (Lipinski definition) is 4. The third-order valence-corrected chi connectivity index (χ3v) is 2.24. The molecule has 0 spiro atoms. The number of amides is 1. The summed E-state index contributed by atoms with van der Waals surface area (Å²) >= 11 is 0. The van der Waals surface area contributed by atoms with Crippen molar-refractivity contribution in [3.8, 4) is 0 Å². The first kappa shape index (κ1) is 14.4. The maximum atomic E-state index is 11.5. The Kier molecular flexibility index (Phi) is 4.90. The van der Waals surface area contributed by atoms with Crippen LogP contribution in [0, 0.1) is 0 Å². The number of carboxylic acid groups (broad SMARTS) is 2. The van der Waals surface area contributed by atoms with Gasteiger partial charge in [-0.1, -0.05) is 6.92 Å². The Bertz CT molecular complexity index is 300. The summed E-state index contributed by atoms with van der Waals surface area (Å²) in [6.45, 7) is 3.12. The smallest absolute Gasteiger partial charge is 0.326 e. The molecule has 16 heavy (non-hydrogen) atoms. The van der Waals surface area contributed by atoms with E-state index in [0.717, 1.165) is 0 Å². The van der Waals surface area contributed by atoms with Gasteiger partial charge in [0.05, 0.1) is 12.0 Å². The zero-order valence-electron chi connectivity index (χ0n) is 9.19. The molecule has 0 saturated heterocycles. The number of hydrogen-bond acceptors (Lipinski definition) is 4. The summed E-state index contributed by atoms with van der Waals surface area (Å²) in [5.41, 5.74) is 4.38. The second kappa shape index (κ2) is 5.45. The third-order valence-electron chi connectivity index (χ3n) is 2.24. The van der Waals surface area contributed by atoms with Crippen molar-refractivity contribution < 1.29 is 24.6 Å². The topological polar surface area (TPSA) is 130 Å². The van der Waals surface area contributed by atoms with E-state index in [1.54, 1.807) is 6.92 Å². The van der Waals surface area contributed by atoms with Crippen molar-refractivity contribution in [1.82, 2.24) is 5.32 Å². The monoisotopic (exact) mass is 232 g/mol. The second-order valence-electron chi connectivity index (χ2n) is 3.73. The molecule has 0 aliphatic rings. The molecule has 0 radical (unpaired) electrons. The average molecular weight is 232 g/mol. The van der Waals surface area contributed by atoms with E-state index in [-0.39, 0.29) is 0 Å². The normalized spacial score (nSPS) is 15.9. The molecule has 0 rings (SSSR count). The summed E-state index contributed by atoms with van der Waals surface area (Å²) in [6.07, 6.45) is -0.362. The van der Waals surface area contributed by atoms with Gasteiger partial charge in [0.2, 0.25) is 5.91 Å². The van der Waals surface area contributed by atoms with Gasteiger partial charge in [-0.05, 0) is 13.3 Å². The molecule has 0 fully saturated rings. The Morgan fingerprint density at radius 1 is 1.38 bits per heavy atom. The molecular weight excluding hydrogens is 216 g/mol. The second-order valence-corrected chi connectivity index (χ2v) is 3.73. The van der Waals surface area contributed by atoms with Crippen molar-refractivity contribution in [2.75, 3.05) is 0 Å². The quantitative estimate of drug-likeness (QED) is 0.472. The van der Waals surface area contributed by atoms with Gasteiger partial charge in [-0.15, -0.1) is 0 Å². The summed E-state index contributed by atoms with van der Waals surface area (Å²) in [7, 11) is 0. The van der Waals surface area contributed by atoms with Crippen LogP contribution in [0.25, 0.3) is 0 Å². The van der Waals surface area contributed by atoms with Crippen LogP contribution in [0.3, 0.4) is 0 Å². The molecule has 0 bridgehead atoms. The molecule has 7 heteroatoms. The van der Waals surface area contributed by atoms with E-state index in [0.29, 0.717) is 6.42 Å². The van der Waals surface area contributed by atoms with E-state index in [9.17, 15) is 14.4 Å². The number of rotatable bonds is 6. The number of carboxylic acids is 2. The first-order valence-electron chi connectivity index (χ1n) is 4.75. The van der Waals surface area contributed by atoms with Crippen LogP contribution in [-0.2, 0) is 14.4 Å². The first-order valence-corrected chi connectivity index (χ1v) is 4.75. The largest absolute Gasteiger partial charge is 0.481 e. The minimum absolute atomic E-state index is 0.318. The van der Waals surface area contributed by atoms with Crippen LogP contribution < -0.4 is 11.1 Å². The molecule has 2 unspecified atom stereocenters. The van der Waals surface area contributed by atoms with Gasteiger partial charge in [-0.3, -0.25) is 9.59 Å². The van der Waals surface area contributed by atoms with Crippen molar-refractivity contribution in [2.24, 2.45) is 5.73 Å². The number of aliphatic carboxylic acids is 2. The van der Waals surface area contributed by atoms with Crippen molar-refractivity contribution in [1.29, 1.82) is 0 Å². The Labute approximate surface area is 92.6 Å². The van der Waals surface area contributed by atoms with E-state index in [1.165, 1.54) is 6.92 Å². The fourth-order valence-corrected chi connectivity index (χ4v) is 0.858. The van der Waals surface area contributed by atoms with E-state index in [4.69, 9.17) is 15.9 Å². The van der Waals surface area contributed by atoms with Crippen molar-refractivity contribution >= 4 is 17.8 Å². The lowest BCUT2D eigenvalue weighted by molar-refractivity contribution is -0.147. The lowest BCUT2D eigenvalue weighted by Crippen LogP contribution is -2.55. The molecule has 2 atom stereocenters. The number of carbonyl (C=O) groups excluding carboxylic acids is 1. The Morgan fingerprint density at radius 3 is 2.19 bits per heavy atom. The van der Waals surface area contributed by atoms with Gasteiger partial charge >= 0.3 is 11.9 Å². The van der Waals surface area contributed by atoms with Crippen LogP contribution >= 0.6 is 0 Å². The molecule has 0 aromatic carbocycles. The number of carbonyl (C=O) groups is 3. The number of nitrogens with one attached hydrogen (secondary N) is 1. The van der Waals surface area contributed by atoms with Crippen LogP contribution in [0.4, 0.5) is 0 Å². The Hall–Kier alpha value is -1.63. The lowest BCUT2D eigenvalue weighted by atomic mass is 9.99. The highest BCUT2D eigenvalue weighted by Crippen LogP contribution is 2.05. The molecule has 7 nitrogen and oxygen atoms in total. The van der Waals surface area contributed by atoms with Gasteiger partial charge in [0.1, 0.15) is 6.04 Å². The Morgan fingerprint density at radius 2 is 1.88 bits per heavy atom. The molecule has 5 N–H and O–H groups in total. The van der Waals surface area contributed by atoms with Crippen LogP contribution in [0.2, 0.25) is 0 Å². The molecule has 0 heterocycles. The van der Waals surface area contributed by atoms with Gasteiger partial charge < -0.3 is 21.3 Å². The minimum atomic E-state index is -1.46. The van der Waals surface area contributed by atoms with Gasteiger partial charge in [-0.2, -0.15) is 0 Å². The first-order chi connectivity index (χ1) is 7.20. The van der Waals surface area contributed by atoms with E-state index < -0.39 is 35.8 Å². The molecular formula is C9H16N2O5. The molecule has 92 valence electrons. The predicted octanol–water partition coefficient (Wildman–Crippen LogP) is -0.842. The van der Waals surface area contributed by atoms with Crippen molar-refractivity contribution in [3.05, 3.63) is 0 Å². The molecule has 0 aromatic rings. The van der Waals surface area contributed by atoms with E-state index in [1.807, 2.05) is 0 Å². The predicted molar refractivity (Wildman–Crippen MR) is 54.7 cm³/mol. The highest BCUT2D eigenvalue weighted by atomic mass is 16.4. The summed E-state index contributed by atoms with van der Waals surface area (Å²) in [5.74, 6) is -3.38. The molecule has 1 amide bonds. The van der Waals surface area contributed by atoms with Crippen LogP contribution in [0.5, 0.6) is 0 Å². The fraction of sp³-hybridized carbons (Fsp3) is 0.667. The average Bonchev–Trinajstić information content (AvgIpc) is 2.15. The summed E-state index contributed by atoms with van der Waals surface area (Å²) < 4.78 is 0. The van der Waals surface area contributed by atoms with Gasteiger partial charge in [-0.25, -0.2) is 4.79 Å². The highest BCUT2D eigenvalue weighted by molar-refractivity contribution is 5.91. The van der Waals surface area contributed by atoms with Crippen LogP contribution in [0.15, 0.2) is 0 Å². The maximum absolute atomic E-state index is 11.5. The molecule has 0 saturated carbocycles. The van der Waals surface area contributed by atoms with Crippen molar-refractivity contribution in [2.45, 2.75) is 38.3 Å². The van der Waals surface area contributed by atoms with Crippen LogP contribution in [0.1, 0.15) is 26.7 Å². The maximum Gasteiger partial charge on any atom is 0.326 e. The van der Waals surface area contributed by atoms with Gasteiger partial charge in [0.25, 0.3) is 0 Å². The standard InChI is InChI=1S/C9H16N2O5/c1-3-9(2,10)8(16)11-5(7(14)15)4-6(12)13/h5H,3-4,10H2,1-2H3,(H,11,16)(H,12,13)(H,14,15). The molecule has 0 aliphatic heterocycles. The zero-order chi connectivity index (χ0) is 12.9. The van der Waals surface area contributed by atoms with Gasteiger partial charge in [0, 0.05) is 0 Å². The molecule has 0 aromatic heterocycles. The Balaban J connectivity index is 4.58. The van der Waals surface area contributed by atoms with Crippen LogP contribution in [-0.4, -0.2) is 39.6 Å². The molecule has 0 aliphatic carbocycles. The fourth-order valence-electron chi connectivity index (χ4n) is 0.858. The SMILES string of the molecule is CCC(C)(N)C(=O)NC(CC(=O)O)C(=O)O. The summed E-state index contributed by atoms with van der Waals surface area (Å²) in [4.78, 5) is 32.5. The van der Waals surface area contributed by atoms with E-state index >= 15 is 0 Å². The summed E-state index contributed by atoms with van der Waals surface area (Å²) in [5, 5.41) is 19.2. The summed E-state index contributed by atoms with van der Waals surface area (Å²) in [6, 6.07) is -1.46. The lowest BCUT2D eigenvalue weighted by Gasteiger charge is -2.23. The highest BCUT2D eigenvalue weighted by Gasteiger charge is 2.31.